The van der Waals surface area contributed by atoms with Crippen LogP contribution in [-0.2, 0) is 11.3 Å². The van der Waals surface area contributed by atoms with E-state index in [1.807, 2.05) is 6.07 Å². The van der Waals surface area contributed by atoms with Gasteiger partial charge in [0.15, 0.2) is 0 Å². The van der Waals surface area contributed by atoms with E-state index >= 15 is 0 Å². The van der Waals surface area contributed by atoms with E-state index in [1.165, 1.54) is 0 Å². The number of amides is 1. The minimum Gasteiger partial charge on any atom is -0.445 e. The molecule has 1 amide bonds. The summed E-state index contributed by atoms with van der Waals surface area (Å²) in [6, 6.07) is 11.6. The lowest BCUT2D eigenvalue weighted by Crippen LogP contribution is -2.36. The number of benzene rings is 2. The van der Waals surface area contributed by atoms with E-state index in [0.29, 0.717) is 6.07 Å². The summed E-state index contributed by atoms with van der Waals surface area (Å²) in [5.74, 6) is -1.77. The van der Waals surface area contributed by atoms with Gasteiger partial charge in [0.25, 0.3) is 0 Å². The van der Waals surface area contributed by atoms with E-state index in [4.69, 9.17) is 4.74 Å². The van der Waals surface area contributed by atoms with Gasteiger partial charge in [-0.25, -0.2) is 13.6 Å². The highest BCUT2D eigenvalue weighted by atomic mass is 19.1. The summed E-state index contributed by atoms with van der Waals surface area (Å²) in [7, 11) is 0. The van der Waals surface area contributed by atoms with E-state index in [0.717, 1.165) is 17.7 Å². The van der Waals surface area contributed by atoms with E-state index in [1.54, 1.807) is 24.3 Å². The van der Waals surface area contributed by atoms with E-state index < -0.39 is 29.9 Å². The average molecular weight is 337 g/mol. The summed E-state index contributed by atoms with van der Waals surface area (Å²) in [6.07, 6.45) is -3.88. The molecule has 3 N–H and O–H groups in total. The molecule has 5 nitrogen and oxygen atoms in total. The number of carbonyl (C=O) groups excluding carboxylic acids is 1. The minimum atomic E-state index is -1.61. The van der Waals surface area contributed by atoms with Crippen LogP contribution in [0.25, 0.3) is 0 Å². The zero-order valence-corrected chi connectivity index (χ0v) is 12.7. The van der Waals surface area contributed by atoms with E-state index in [-0.39, 0.29) is 18.7 Å². The van der Waals surface area contributed by atoms with Crippen LogP contribution < -0.4 is 5.32 Å². The number of carbonyl (C=O) groups is 1. The Labute approximate surface area is 137 Å². The van der Waals surface area contributed by atoms with Crippen LogP contribution in [0.4, 0.5) is 13.6 Å². The molecule has 2 rings (SSSR count). The Morgan fingerprint density at radius 1 is 1.12 bits per heavy atom. The van der Waals surface area contributed by atoms with Gasteiger partial charge in [0.1, 0.15) is 30.4 Å². The number of hydrogen-bond acceptors (Lipinski definition) is 4. The third-order valence-corrected chi connectivity index (χ3v) is 3.31. The minimum absolute atomic E-state index is 0.0535. The maximum absolute atomic E-state index is 13.5. The van der Waals surface area contributed by atoms with Gasteiger partial charge in [0.2, 0.25) is 0 Å². The van der Waals surface area contributed by atoms with Crippen molar-refractivity contribution in [3.63, 3.8) is 0 Å². The summed E-state index contributed by atoms with van der Waals surface area (Å²) in [5, 5.41) is 22.0. The number of ether oxygens (including phenoxy) is 1. The molecule has 2 atom stereocenters. The van der Waals surface area contributed by atoms with Crippen LogP contribution >= 0.6 is 0 Å². The van der Waals surface area contributed by atoms with Gasteiger partial charge in [-0.05, 0) is 11.6 Å². The zero-order valence-electron chi connectivity index (χ0n) is 12.7. The van der Waals surface area contributed by atoms with Crippen LogP contribution in [0.1, 0.15) is 17.2 Å². The van der Waals surface area contributed by atoms with E-state index in [2.05, 4.69) is 5.32 Å². The quantitative estimate of drug-likeness (QED) is 0.756. The molecule has 24 heavy (non-hydrogen) atoms. The monoisotopic (exact) mass is 337 g/mol. The molecule has 0 saturated heterocycles. The lowest BCUT2D eigenvalue weighted by atomic mass is 10.0. The highest BCUT2D eigenvalue weighted by Gasteiger charge is 2.22. The molecular formula is C17H17F2NO4. The molecule has 0 bridgehead atoms. The van der Waals surface area contributed by atoms with Gasteiger partial charge in [-0.15, -0.1) is 0 Å². The number of hydrogen-bond donors (Lipinski definition) is 3. The van der Waals surface area contributed by atoms with Crippen molar-refractivity contribution < 1.29 is 28.5 Å². The Morgan fingerprint density at radius 2 is 1.83 bits per heavy atom. The molecule has 0 fully saturated rings. The van der Waals surface area contributed by atoms with Gasteiger partial charge in [0, 0.05) is 18.2 Å². The zero-order chi connectivity index (χ0) is 17.5. The van der Waals surface area contributed by atoms with Gasteiger partial charge in [-0.2, -0.15) is 0 Å². The molecule has 0 heterocycles. The van der Waals surface area contributed by atoms with Crippen molar-refractivity contribution in [1.29, 1.82) is 0 Å². The fraction of sp³-hybridized carbons (Fsp3) is 0.235. The summed E-state index contributed by atoms with van der Waals surface area (Å²) < 4.78 is 31.3. The third kappa shape index (κ3) is 5.00. The van der Waals surface area contributed by atoms with Gasteiger partial charge in [0.05, 0.1) is 0 Å². The number of aliphatic hydroxyl groups is 2. The molecule has 0 spiro atoms. The topological polar surface area (TPSA) is 78.8 Å². The molecule has 128 valence electrons. The molecule has 7 heteroatoms. The molecule has 2 aromatic carbocycles. The molecule has 2 aromatic rings. The molecule has 0 aromatic heterocycles. The number of nitrogens with one attached hydrogen (secondary N) is 1. The Morgan fingerprint density at radius 3 is 2.50 bits per heavy atom. The number of aliphatic hydroxyl groups excluding tert-OH is 2. The number of halogens is 2. The second kappa shape index (κ2) is 8.37. The maximum Gasteiger partial charge on any atom is 0.407 e. The smallest absolute Gasteiger partial charge is 0.407 e. The lowest BCUT2D eigenvalue weighted by molar-refractivity contribution is 0.0163. The van der Waals surface area contributed by atoms with Gasteiger partial charge in [-0.1, -0.05) is 36.4 Å². The third-order valence-electron chi connectivity index (χ3n) is 3.31. The molecule has 0 aliphatic carbocycles. The van der Waals surface area contributed by atoms with Crippen LogP contribution in [0.2, 0.25) is 0 Å². The molecule has 0 saturated carbocycles. The van der Waals surface area contributed by atoms with Crippen molar-refractivity contribution in [2.24, 2.45) is 0 Å². The second-order valence-electron chi connectivity index (χ2n) is 5.12. The van der Waals surface area contributed by atoms with Crippen molar-refractivity contribution >= 4 is 6.09 Å². The second-order valence-corrected chi connectivity index (χ2v) is 5.12. The summed E-state index contributed by atoms with van der Waals surface area (Å²) in [6.45, 7) is -0.302. The SMILES string of the molecule is O=C(NCC(O)C(O)c1ccc(F)cc1F)OCc1ccccc1. The molecule has 0 aliphatic rings. The van der Waals surface area contributed by atoms with Gasteiger partial charge < -0.3 is 20.3 Å². The maximum atomic E-state index is 13.5. The summed E-state index contributed by atoms with van der Waals surface area (Å²) in [4.78, 5) is 11.5. The highest BCUT2D eigenvalue weighted by Crippen LogP contribution is 2.20. The Kier molecular flexibility index (Phi) is 6.22. The molecule has 0 radical (unpaired) electrons. The fourth-order valence-electron chi connectivity index (χ4n) is 2.02. The average Bonchev–Trinajstić information content (AvgIpc) is 2.58. The first kappa shape index (κ1) is 17.8. The molecule has 2 unspecified atom stereocenters. The van der Waals surface area contributed by atoms with Gasteiger partial charge in [-0.3, -0.25) is 0 Å². The van der Waals surface area contributed by atoms with Gasteiger partial charge >= 0.3 is 6.09 Å². The highest BCUT2D eigenvalue weighted by molar-refractivity contribution is 5.67. The molecule has 0 aliphatic heterocycles. The van der Waals surface area contributed by atoms with Crippen LogP contribution in [0.3, 0.4) is 0 Å². The normalized spacial score (nSPS) is 13.2. The number of rotatable bonds is 6. The predicted octanol–water partition coefficient (Wildman–Crippen LogP) is 2.29. The lowest BCUT2D eigenvalue weighted by Gasteiger charge is -2.19. The van der Waals surface area contributed by atoms with Crippen molar-refractivity contribution in [1.82, 2.24) is 5.32 Å². The van der Waals surface area contributed by atoms with Crippen molar-refractivity contribution in [2.75, 3.05) is 6.54 Å². The fourth-order valence-corrected chi connectivity index (χ4v) is 2.02. The Balaban J connectivity index is 1.81. The number of alkyl carbamates (subject to hydrolysis) is 1. The van der Waals surface area contributed by atoms with Crippen LogP contribution in [0.5, 0.6) is 0 Å². The van der Waals surface area contributed by atoms with Crippen molar-refractivity contribution in [2.45, 2.75) is 18.8 Å². The van der Waals surface area contributed by atoms with Crippen molar-refractivity contribution in [3.05, 3.63) is 71.3 Å². The first-order valence-electron chi connectivity index (χ1n) is 7.23. The summed E-state index contributed by atoms with van der Waals surface area (Å²) in [5.41, 5.74) is 0.532. The van der Waals surface area contributed by atoms with Crippen LogP contribution in [0, 0.1) is 11.6 Å². The molecular weight excluding hydrogens is 320 g/mol. The predicted molar refractivity (Wildman–Crippen MR) is 82.0 cm³/mol. The largest absolute Gasteiger partial charge is 0.445 e. The first-order chi connectivity index (χ1) is 11.5. The van der Waals surface area contributed by atoms with Crippen molar-refractivity contribution in [3.8, 4) is 0 Å². The first-order valence-corrected chi connectivity index (χ1v) is 7.23. The Hall–Kier alpha value is -2.51. The van der Waals surface area contributed by atoms with Crippen LogP contribution in [-0.4, -0.2) is 29.0 Å². The van der Waals surface area contributed by atoms with Crippen LogP contribution in [0.15, 0.2) is 48.5 Å². The summed E-state index contributed by atoms with van der Waals surface area (Å²) >= 11 is 0. The van der Waals surface area contributed by atoms with E-state index in [9.17, 15) is 23.8 Å². The standard InChI is InChI=1S/C17H17F2NO4/c18-12-6-7-13(14(19)8-12)16(22)15(21)9-20-17(23)24-10-11-4-2-1-3-5-11/h1-8,15-16,21-22H,9-10H2,(H,20,23). The Bertz CT molecular complexity index is 682.